The van der Waals surface area contributed by atoms with Crippen LogP contribution in [0.4, 0.5) is 5.69 Å². The lowest BCUT2D eigenvalue weighted by Gasteiger charge is -2.10. The summed E-state index contributed by atoms with van der Waals surface area (Å²) < 4.78 is 4.99. The molecule has 0 aliphatic heterocycles. The lowest BCUT2D eigenvalue weighted by molar-refractivity contribution is -0.119. The first-order chi connectivity index (χ1) is 12.0. The molecule has 7 heteroatoms. The maximum absolute atomic E-state index is 12.1. The molecular weight excluding hydrogens is 385 g/mol. The molecule has 0 aromatic heterocycles. The molecule has 0 spiro atoms. The van der Waals surface area contributed by atoms with Crippen LogP contribution in [0.25, 0.3) is 0 Å². The van der Waals surface area contributed by atoms with Crippen molar-refractivity contribution >= 4 is 52.4 Å². The number of aryl methyl sites for hydroxylation is 2. The molecule has 1 amide bonds. The van der Waals surface area contributed by atoms with E-state index in [1.165, 1.54) is 23.3 Å². The number of fused-ring (bicyclic) bond motifs is 1. The van der Waals surface area contributed by atoms with Crippen LogP contribution in [0.2, 0.25) is 15.1 Å². The van der Waals surface area contributed by atoms with E-state index in [9.17, 15) is 9.59 Å². The lowest BCUT2D eigenvalue weighted by atomic mass is 10.1. The number of amides is 1. The summed E-state index contributed by atoms with van der Waals surface area (Å²) in [5.41, 5.74) is 3.18. The number of halogens is 3. The van der Waals surface area contributed by atoms with Gasteiger partial charge in [0.15, 0.2) is 6.61 Å². The van der Waals surface area contributed by atoms with E-state index in [0.29, 0.717) is 5.69 Å². The first-order valence-corrected chi connectivity index (χ1v) is 8.81. The molecule has 2 aromatic carbocycles. The van der Waals surface area contributed by atoms with E-state index in [2.05, 4.69) is 5.32 Å². The van der Waals surface area contributed by atoms with Crippen LogP contribution >= 0.6 is 34.8 Å². The van der Waals surface area contributed by atoms with Gasteiger partial charge in [0.1, 0.15) is 0 Å². The fourth-order valence-electron chi connectivity index (χ4n) is 2.76. The summed E-state index contributed by atoms with van der Waals surface area (Å²) in [7, 11) is 0. The van der Waals surface area contributed by atoms with Gasteiger partial charge in [-0.05, 0) is 54.7 Å². The molecule has 3 rings (SSSR count). The Labute approximate surface area is 160 Å². The smallest absolute Gasteiger partial charge is 0.341 e. The molecule has 0 fully saturated rings. The molecule has 25 heavy (non-hydrogen) atoms. The van der Waals surface area contributed by atoms with E-state index in [0.717, 1.165) is 19.3 Å². The van der Waals surface area contributed by atoms with Crippen LogP contribution in [0.5, 0.6) is 0 Å². The zero-order valence-corrected chi connectivity index (χ0v) is 15.3. The number of nitrogens with one attached hydrogen (secondary N) is 1. The zero-order valence-electron chi connectivity index (χ0n) is 13.1. The summed E-state index contributed by atoms with van der Waals surface area (Å²) in [6.45, 7) is -0.449. The van der Waals surface area contributed by atoms with Gasteiger partial charge in [-0.15, -0.1) is 0 Å². The normalized spacial score (nSPS) is 12.6. The minimum Gasteiger partial charge on any atom is -0.452 e. The summed E-state index contributed by atoms with van der Waals surface area (Å²) in [6, 6.07) is 8.72. The van der Waals surface area contributed by atoms with Gasteiger partial charge in [-0.2, -0.15) is 0 Å². The van der Waals surface area contributed by atoms with E-state index in [1.807, 2.05) is 18.2 Å². The Morgan fingerprint density at radius 1 is 1.00 bits per heavy atom. The molecule has 0 atom stereocenters. The number of anilines is 1. The van der Waals surface area contributed by atoms with Crippen molar-refractivity contribution < 1.29 is 14.3 Å². The molecule has 0 radical (unpaired) electrons. The highest BCUT2D eigenvalue weighted by atomic mass is 35.5. The Kier molecular flexibility index (Phi) is 5.52. The number of hydrogen-bond acceptors (Lipinski definition) is 3. The molecule has 0 bridgehead atoms. The molecule has 4 nitrogen and oxygen atoms in total. The lowest BCUT2D eigenvalue weighted by Crippen LogP contribution is -2.21. The van der Waals surface area contributed by atoms with E-state index in [-0.39, 0.29) is 20.6 Å². The topological polar surface area (TPSA) is 55.4 Å². The Morgan fingerprint density at radius 3 is 2.52 bits per heavy atom. The maximum atomic E-state index is 12.1. The van der Waals surface area contributed by atoms with Gasteiger partial charge in [-0.25, -0.2) is 4.79 Å². The highest BCUT2D eigenvalue weighted by Gasteiger charge is 2.20. The van der Waals surface area contributed by atoms with Crippen LogP contribution in [-0.4, -0.2) is 18.5 Å². The maximum Gasteiger partial charge on any atom is 0.341 e. The van der Waals surface area contributed by atoms with Crippen molar-refractivity contribution in [2.24, 2.45) is 0 Å². The van der Waals surface area contributed by atoms with Gasteiger partial charge >= 0.3 is 5.97 Å². The van der Waals surface area contributed by atoms with Gasteiger partial charge in [0, 0.05) is 5.69 Å². The second-order valence-electron chi connectivity index (χ2n) is 5.68. The van der Waals surface area contributed by atoms with Gasteiger partial charge in [-0.1, -0.05) is 40.9 Å². The number of ether oxygens (including phenoxy) is 1. The highest BCUT2D eigenvalue weighted by Crippen LogP contribution is 2.32. The third kappa shape index (κ3) is 4.09. The number of carbonyl (C=O) groups is 2. The SMILES string of the molecule is O=C(COC(=O)c1c(Cl)ccc(Cl)c1Cl)Nc1ccc2c(c1)CCC2. The fraction of sp³-hybridized carbons (Fsp3) is 0.222. The molecule has 0 saturated heterocycles. The summed E-state index contributed by atoms with van der Waals surface area (Å²) in [4.78, 5) is 24.1. The van der Waals surface area contributed by atoms with Crippen molar-refractivity contribution in [3.8, 4) is 0 Å². The van der Waals surface area contributed by atoms with E-state index in [4.69, 9.17) is 39.5 Å². The van der Waals surface area contributed by atoms with Crippen LogP contribution in [0.3, 0.4) is 0 Å². The van der Waals surface area contributed by atoms with E-state index in [1.54, 1.807) is 0 Å². The van der Waals surface area contributed by atoms with E-state index < -0.39 is 18.5 Å². The van der Waals surface area contributed by atoms with Crippen LogP contribution in [0.1, 0.15) is 27.9 Å². The Balaban J connectivity index is 1.61. The zero-order chi connectivity index (χ0) is 18.0. The first kappa shape index (κ1) is 18.1. The summed E-state index contributed by atoms with van der Waals surface area (Å²) in [5.74, 6) is -1.25. The average Bonchev–Trinajstić information content (AvgIpc) is 3.04. The first-order valence-electron chi connectivity index (χ1n) is 7.68. The Morgan fingerprint density at radius 2 is 1.72 bits per heavy atom. The Hall–Kier alpha value is -1.75. The van der Waals surface area contributed by atoms with Gasteiger partial charge in [0.2, 0.25) is 0 Å². The summed E-state index contributed by atoms with van der Waals surface area (Å²) >= 11 is 17.8. The van der Waals surface area contributed by atoms with Crippen LogP contribution in [0.15, 0.2) is 30.3 Å². The molecule has 0 unspecified atom stereocenters. The van der Waals surface area contributed by atoms with E-state index >= 15 is 0 Å². The molecule has 0 heterocycles. The van der Waals surface area contributed by atoms with Crippen LogP contribution < -0.4 is 5.32 Å². The van der Waals surface area contributed by atoms with Crippen molar-refractivity contribution in [1.82, 2.24) is 0 Å². The number of carbonyl (C=O) groups excluding carboxylic acids is 2. The summed E-state index contributed by atoms with van der Waals surface area (Å²) in [6.07, 6.45) is 3.22. The van der Waals surface area contributed by atoms with Gasteiger partial charge in [0.25, 0.3) is 5.91 Å². The average molecular weight is 399 g/mol. The number of hydrogen-bond donors (Lipinski definition) is 1. The van der Waals surface area contributed by atoms with Crippen LogP contribution in [0, 0.1) is 0 Å². The second kappa shape index (κ2) is 7.65. The van der Waals surface area contributed by atoms with Crippen LogP contribution in [-0.2, 0) is 22.4 Å². The van der Waals surface area contributed by atoms with Crippen molar-refractivity contribution in [2.45, 2.75) is 19.3 Å². The summed E-state index contributed by atoms with van der Waals surface area (Å²) in [5, 5.41) is 3.00. The predicted octanol–water partition coefficient (Wildman–Crippen LogP) is 4.93. The fourth-order valence-corrected chi connectivity index (χ4v) is 3.45. The van der Waals surface area contributed by atoms with Crippen molar-refractivity contribution in [3.63, 3.8) is 0 Å². The molecule has 1 aliphatic rings. The Bertz CT molecular complexity index is 852. The highest BCUT2D eigenvalue weighted by molar-refractivity contribution is 6.46. The quantitative estimate of drug-likeness (QED) is 0.587. The number of benzene rings is 2. The molecule has 2 aromatic rings. The molecule has 0 saturated carbocycles. The van der Waals surface area contributed by atoms with Crippen molar-refractivity contribution in [1.29, 1.82) is 0 Å². The predicted molar refractivity (Wildman–Crippen MR) is 98.9 cm³/mol. The largest absolute Gasteiger partial charge is 0.452 e. The molecular formula is C18H14Cl3NO3. The number of esters is 1. The third-order valence-electron chi connectivity index (χ3n) is 3.96. The van der Waals surface area contributed by atoms with Gasteiger partial charge < -0.3 is 10.1 Å². The minimum atomic E-state index is -0.804. The monoisotopic (exact) mass is 397 g/mol. The minimum absolute atomic E-state index is 0.00167. The molecule has 1 aliphatic carbocycles. The standard InChI is InChI=1S/C18H14Cl3NO3/c19-13-6-7-14(20)17(21)16(13)18(24)25-9-15(23)22-12-5-4-10-2-1-3-11(10)8-12/h4-8H,1-3,9H2,(H,22,23). The molecule has 130 valence electrons. The van der Waals surface area contributed by atoms with Crippen molar-refractivity contribution in [3.05, 3.63) is 62.1 Å². The second-order valence-corrected chi connectivity index (χ2v) is 6.87. The molecule has 1 N–H and O–H groups in total. The third-order valence-corrected chi connectivity index (χ3v) is 5.08. The van der Waals surface area contributed by atoms with Crippen molar-refractivity contribution in [2.75, 3.05) is 11.9 Å². The van der Waals surface area contributed by atoms with Gasteiger partial charge in [-0.3, -0.25) is 4.79 Å². The number of rotatable bonds is 4. The van der Waals surface area contributed by atoms with Gasteiger partial charge in [0.05, 0.1) is 20.6 Å².